The van der Waals surface area contributed by atoms with Crippen molar-refractivity contribution in [3.8, 4) is 0 Å². The maximum absolute atomic E-state index is 12.8. The molecule has 0 saturated carbocycles. The van der Waals surface area contributed by atoms with E-state index in [-0.39, 0.29) is 29.4 Å². The van der Waals surface area contributed by atoms with E-state index in [1.54, 1.807) is 23.2 Å². The first-order valence-corrected chi connectivity index (χ1v) is 8.45. The zero-order chi connectivity index (χ0) is 18.0. The van der Waals surface area contributed by atoms with Crippen LogP contribution in [0.3, 0.4) is 0 Å². The molecule has 0 bridgehead atoms. The molecule has 0 radical (unpaired) electrons. The van der Waals surface area contributed by atoms with Crippen LogP contribution in [0.5, 0.6) is 0 Å². The SMILES string of the molecule is Cc1ccn2c(=O)c(C(=O)N3CCC[C@H](CCC(=O)O)C3)cnc2c1. The molecule has 1 N–H and O–H groups in total. The smallest absolute Gasteiger partial charge is 0.303 e. The summed E-state index contributed by atoms with van der Waals surface area (Å²) in [6.45, 7) is 2.98. The highest BCUT2D eigenvalue weighted by Crippen LogP contribution is 2.22. The molecule has 0 aliphatic carbocycles. The van der Waals surface area contributed by atoms with Crippen LogP contribution in [0.1, 0.15) is 41.6 Å². The van der Waals surface area contributed by atoms with E-state index in [1.165, 1.54) is 10.6 Å². The second-order valence-corrected chi connectivity index (χ2v) is 6.60. The number of nitrogens with zero attached hydrogens (tertiary/aromatic N) is 3. The topological polar surface area (TPSA) is 92.0 Å². The number of carbonyl (C=O) groups is 2. The van der Waals surface area contributed by atoms with Crippen LogP contribution in [0.2, 0.25) is 0 Å². The van der Waals surface area contributed by atoms with Gasteiger partial charge in [-0.25, -0.2) is 4.98 Å². The Hall–Kier alpha value is -2.70. The van der Waals surface area contributed by atoms with Crippen LogP contribution in [-0.2, 0) is 4.79 Å². The van der Waals surface area contributed by atoms with Crippen molar-refractivity contribution in [1.82, 2.24) is 14.3 Å². The summed E-state index contributed by atoms with van der Waals surface area (Å²) in [5, 5.41) is 8.82. The molecule has 1 fully saturated rings. The van der Waals surface area contributed by atoms with Gasteiger partial charge in [0.15, 0.2) is 0 Å². The van der Waals surface area contributed by atoms with E-state index in [9.17, 15) is 14.4 Å². The quantitative estimate of drug-likeness (QED) is 0.912. The van der Waals surface area contributed by atoms with Gasteiger partial charge in [-0.3, -0.25) is 18.8 Å². The minimum absolute atomic E-state index is 0.0558. The Bertz CT molecular complexity index is 874. The molecular weight excluding hydrogens is 322 g/mol. The summed E-state index contributed by atoms with van der Waals surface area (Å²) >= 11 is 0. The summed E-state index contributed by atoms with van der Waals surface area (Å²) in [5.41, 5.74) is 1.19. The highest BCUT2D eigenvalue weighted by Gasteiger charge is 2.26. The number of fused-ring (bicyclic) bond motifs is 1. The van der Waals surface area contributed by atoms with Gasteiger partial charge in [-0.15, -0.1) is 0 Å². The molecule has 1 atom stereocenters. The third-order valence-electron chi connectivity index (χ3n) is 4.67. The summed E-state index contributed by atoms with van der Waals surface area (Å²) in [6, 6.07) is 3.59. The first kappa shape index (κ1) is 17.1. The predicted octanol–water partition coefficient (Wildman–Crippen LogP) is 1.72. The van der Waals surface area contributed by atoms with Gasteiger partial charge in [0.25, 0.3) is 11.5 Å². The Morgan fingerprint density at radius 3 is 2.96 bits per heavy atom. The Morgan fingerprint density at radius 1 is 1.40 bits per heavy atom. The van der Waals surface area contributed by atoms with Crippen molar-refractivity contribution in [2.24, 2.45) is 5.92 Å². The Morgan fingerprint density at radius 2 is 2.20 bits per heavy atom. The molecular formula is C18H21N3O4. The van der Waals surface area contributed by atoms with E-state index in [1.807, 2.05) is 6.92 Å². The van der Waals surface area contributed by atoms with Gasteiger partial charge >= 0.3 is 5.97 Å². The van der Waals surface area contributed by atoms with E-state index < -0.39 is 5.97 Å². The molecule has 1 aliphatic heterocycles. The number of likely N-dealkylation sites (tertiary alicyclic amines) is 1. The van der Waals surface area contributed by atoms with Gasteiger partial charge in [0.1, 0.15) is 11.2 Å². The number of aryl methyl sites for hydroxylation is 1. The first-order valence-electron chi connectivity index (χ1n) is 8.45. The molecule has 2 aromatic heterocycles. The Balaban J connectivity index is 1.81. The van der Waals surface area contributed by atoms with Gasteiger partial charge in [-0.2, -0.15) is 0 Å². The first-order chi connectivity index (χ1) is 12.0. The molecule has 132 valence electrons. The fourth-order valence-electron chi connectivity index (χ4n) is 3.31. The van der Waals surface area contributed by atoms with Crippen LogP contribution in [-0.4, -0.2) is 44.4 Å². The van der Waals surface area contributed by atoms with Crippen molar-refractivity contribution >= 4 is 17.5 Å². The van der Waals surface area contributed by atoms with E-state index in [4.69, 9.17) is 5.11 Å². The second-order valence-electron chi connectivity index (χ2n) is 6.60. The van der Waals surface area contributed by atoms with Crippen LogP contribution in [0.4, 0.5) is 0 Å². The lowest BCUT2D eigenvalue weighted by Gasteiger charge is -2.32. The number of hydrogen-bond acceptors (Lipinski definition) is 4. The maximum atomic E-state index is 12.8. The monoisotopic (exact) mass is 343 g/mol. The molecule has 3 rings (SSSR count). The molecule has 1 aliphatic rings. The van der Waals surface area contributed by atoms with Crippen molar-refractivity contribution in [2.45, 2.75) is 32.6 Å². The molecule has 7 heteroatoms. The molecule has 1 saturated heterocycles. The Labute approximate surface area is 144 Å². The van der Waals surface area contributed by atoms with Crippen molar-refractivity contribution in [1.29, 1.82) is 0 Å². The number of carboxylic acids is 1. The molecule has 0 aromatic carbocycles. The maximum Gasteiger partial charge on any atom is 0.303 e. The second kappa shape index (κ2) is 7.04. The van der Waals surface area contributed by atoms with E-state index in [2.05, 4.69) is 4.98 Å². The fourth-order valence-corrected chi connectivity index (χ4v) is 3.31. The van der Waals surface area contributed by atoms with Crippen LogP contribution >= 0.6 is 0 Å². The van der Waals surface area contributed by atoms with Gasteiger partial charge in [-0.1, -0.05) is 0 Å². The lowest BCUT2D eigenvalue weighted by Crippen LogP contribution is -2.42. The number of carbonyl (C=O) groups excluding carboxylic acids is 1. The summed E-state index contributed by atoms with van der Waals surface area (Å²) in [6.07, 6.45) is 5.35. The van der Waals surface area contributed by atoms with Gasteiger partial charge in [0.05, 0.1) is 0 Å². The van der Waals surface area contributed by atoms with Crippen molar-refractivity contribution < 1.29 is 14.7 Å². The number of amides is 1. The average molecular weight is 343 g/mol. The molecule has 0 spiro atoms. The molecule has 3 heterocycles. The third kappa shape index (κ3) is 3.70. The highest BCUT2D eigenvalue weighted by atomic mass is 16.4. The van der Waals surface area contributed by atoms with Gasteiger partial charge < -0.3 is 10.0 Å². The largest absolute Gasteiger partial charge is 0.481 e. The minimum atomic E-state index is -0.823. The number of aliphatic carboxylic acids is 1. The van der Waals surface area contributed by atoms with Crippen LogP contribution < -0.4 is 5.56 Å². The zero-order valence-electron chi connectivity index (χ0n) is 14.1. The van der Waals surface area contributed by atoms with Crippen molar-refractivity contribution in [2.75, 3.05) is 13.1 Å². The van der Waals surface area contributed by atoms with Gasteiger partial charge in [0, 0.05) is 31.9 Å². The summed E-state index contributed by atoms with van der Waals surface area (Å²) in [5.74, 6) is -0.990. The summed E-state index contributed by atoms with van der Waals surface area (Å²) in [7, 11) is 0. The number of pyridine rings is 1. The lowest BCUT2D eigenvalue weighted by atomic mass is 9.93. The van der Waals surface area contributed by atoms with Crippen molar-refractivity contribution in [3.05, 3.63) is 46.0 Å². The Kier molecular flexibility index (Phi) is 4.83. The van der Waals surface area contributed by atoms with Gasteiger partial charge in [0.2, 0.25) is 0 Å². The van der Waals surface area contributed by atoms with Crippen LogP contribution in [0.25, 0.3) is 5.65 Å². The number of carboxylic acid groups (broad SMARTS) is 1. The van der Waals surface area contributed by atoms with E-state index in [0.29, 0.717) is 25.2 Å². The van der Waals surface area contributed by atoms with E-state index >= 15 is 0 Å². The zero-order valence-corrected chi connectivity index (χ0v) is 14.1. The normalized spacial score (nSPS) is 17.6. The molecule has 0 unspecified atom stereocenters. The van der Waals surface area contributed by atoms with Gasteiger partial charge in [-0.05, 0) is 49.8 Å². The van der Waals surface area contributed by atoms with Crippen LogP contribution in [0, 0.1) is 12.8 Å². The number of rotatable bonds is 4. The number of aromatic nitrogens is 2. The fraction of sp³-hybridized carbons (Fsp3) is 0.444. The van der Waals surface area contributed by atoms with Crippen LogP contribution in [0.15, 0.2) is 29.3 Å². The molecule has 2 aromatic rings. The van der Waals surface area contributed by atoms with E-state index in [0.717, 1.165) is 18.4 Å². The molecule has 7 nitrogen and oxygen atoms in total. The minimum Gasteiger partial charge on any atom is -0.481 e. The number of piperidine rings is 1. The molecule has 25 heavy (non-hydrogen) atoms. The summed E-state index contributed by atoms with van der Waals surface area (Å²) in [4.78, 5) is 42.0. The van der Waals surface area contributed by atoms with Crippen molar-refractivity contribution in [3.63, 3.8) is 0 Å². The molecule has 1 amide bonds. The predicted molar refractivity (Wildman–Crippen MR) is 91.7 cm³/mol. The number of hydrogen-bond donors (Lipinski definition) is 1. The average Bonchev–Trinajstić information content (AvgIpc) is 2.60. The standard InChI is InChI=1S/C18H21N3O4/c1-12-6-8-21-15(9-12)19-10-14(18(21)25)17(24)20-7-2-3-13(11-20)4-5-16(22)23/h6,8-10,13H,2-5,7,11H2,1H3,(H,22,23)/t13-/m1/s1. The highest BCUT2D eigenvalue weighted by molar-refractivity contribution is 5.93. The third-order valence-corrected chi connectivity index (χ3v) is 4.67. The lowest BCUT2D eigenvalue weighted by molar-refractivity contribution is -0.137. The summed E-state index contributed by atoms with van der Waals surface area (Å²) < 4.78 is 1.38.